The summed E-state index contributed by atoms with van der Waals surface area (Å²) in [6.45, 7) is 1.74. The molecule has 0 saturated heterocycles. The minimum absolute atomic E-state index is 0.0653. The van der Waals surface area contributed by atoms with Crippen LogP contribution in [0.4, 0.5) is 13.2 Å². The number of imidazole rings is 1. The van der Waals surface area contributed by atoms with Gasteiger partial charge in [0.25, 0.3) is 0 Å². The quantitative estimate of drug-likeness (QED) is 0.721. The molecule has 1 aromatic carbocycles. The van der Waals surface area contributed by atoms with Gasteiger partial charge in [-0.2, -0.15) is 18.4 Å². The first-order valence-electron chi connectivity index (χ1n) is 7.41. The first kappa shape index (κ1) is 16.8. The van der Waals surface area contributed by atoms with Crippen molar-refractivity contribution in [2.75, 3.05) is 6.61 Å². The molecule has 0 aliphatic rings. The molecule has 5 nitrogen and oxygen atoms in total. The van der Waals surface area contributed by atoms with E-state index in [4.69, 9.17) is 4.74 Å². The molecular formula is C17H13F3N4O. The molecule has 128 valence electrons. The van der Waals surface area contributed by atoms with Crippen LogP contribution in [-0.2, 0) is 13.2 Å². The lowest BCUT2D eigenvalue weighted by atomic mass is 10.1. The summed E-state index contributed by atoms with van der Waals surface area (Å²) in [5.41, 5.74) is 0.726. The smallest absolute Gasteiger partial charge is 0.419 e. The monoisotopic (exact) mass is 346 g/mol. The fraction of sp³-hybridized carbons (Fsp3) is 0.235. The maximum absolute atomic E-state index is 13.3. The molecular weight excluding hydrogens is 333 g/mol. The number of fused-ring (bicyclic) bond motifs is 1. The Balaban J connectivity index is 2.21. The molecule has 3 rings (SSSR count). The summed E-state index contributed by atoms with van der Waals surface area (Å²) in [6, 6.07) is 7.29. The van der Waals surface area contributed by atoms with Gasteiger partial charge in [-0.1, -0.05) is 0 Å². The molecule has 0 fully saturated rings. The van der Waals surface area contributed by atoms with Crippen LogP contribution in [0.2, 0.25) is 0 Å². The predicted octanol–water partition coefficient (Wildman–Crippen LogP) is 3.92. The molecule has 0 amide bonds. The Morgan fingerprint density at radius 1 is 1.28 bits per heavy atom. The van der Waals surface area contributed by atoms with E-state index in [9.17, 15) is 18.4 Å². The average molecular weight is 346 g/mol. The molecule has 0 unspecified atom stereocenters. The highest BCUT2D eigenvalue weighted by Crippen LogP contribution is 2.39. The zero-order chi connectivity index (χ0) is 18.2. The van der Waals surface area contributed by atoms with Gasteiger partial charge in [-0.15, -0.1) is 0 Å². The SMILES string of the molecule is CCOc1ccc(-c2cc3c(ncn3C)c(C#N)n2)cc1C(F)(F)F. The molecule has 0 bridgehead atoms. The molecule has 3 aromatic rings. The van der Waals surface area contributed by atoms with Crippen molar-refractivity contribution in [2.24, 2.45) is 7.05 Å². The summed E-state index contributed by atoms with van der Waals surface area (Å²) in [5.74, 6) is -0.235. The van der Waals surface area contributed by atoms with E-state index in [1.54, 1.807) is 24.6 Å². The molecule has 0 N–H and O–H groups in total. The summed E-state index contributed by atoms with van der Waals surface area (Å²) in [5, 5.41) is 9.25. The van der Waals surface area contributed by atoms with Gasteiger partial charge in [0, 0.05) is 12.6 Å². The number of pyridine rings is 1. The number of halogens is 3. The number of rotatable bonds is 3. The highest BCUT2D eigenvalue weighted by atomic mass is 19.4. The number of alkyl halides is 3. The number of benzene rings is 1. The van der Waals surface area contributed by atoms with Crippen molar-refractivity contribution < 1.29 is 17.9 Å². The zero-order valence-electron chi connectivity index (χ0n) is 13.4. The van der Waals surface area contributed by atoms with Crippen molar-refractivity contribution in [3.63, 3.8) is 0 Å². The number of hydrogen-bond acceptors (Lipinski definition) is 4. The molecule has 0 saturated carbocycles. The lowest BCUT2D eigenvalue weighted by Gasteiger charge is -2.14. The number of nitriles is 1. The number of nitrogens with zero attached hydrogens (tertiary/aromatic N) is 4. The third kappa shape index (κ3) is 3.01. The first-order valence-corrected chi connectivity index (χ1v) is 7.41. The summed E-state index contributed by atoms with van der Waals surface area (Å²) in [7, 11) is 1.74. The summed E-state index contributed by atoms with van der Waals surface area (Å²) in [4.78, 5) is 8.25. The molecule has 25 heavy (non-hydrogen) atoms. The molecule has 0 radical (unpaired) electrons. The Morgan fingerprint density at radius 2 is 2.04 bits per heavy atom. The van der Waals surface area contributed by atoms with E-state index in [-0.39, 0.29) is 29.3 Å². The lowest BCUT2D eigenvalue weighted by molar-refractivity contribution is -0.138. The van der Waals surface area contributed by atoms with Crippen LogP contribution < -0.4 is 4.74 Å². The van der Waals surface area contributed by atoms with Gasteiger partial charge in [-0.25, -0.2) is 9.97 Å². The van der Waals surface area contributed by atoms with Crippen LogP contribution in [0.25, 0.3) is 22.3 Å². The van der Waals surface area contributed by atoms with E-state index < -0.39 is 11.7 Å². The number of aromatic nitrogens is 3. The Morgan fingerprint density at radius 3 is 2.68 bits per heavy atom. The predicted molar refractivity (Wildman–Crippen MR) is 84.8 cm³/mol. The van der Waals surface area contributed by atoms with Crippen molar-refractivity contribution in [3.05, 3.63) is 41.9 Å². The molecule has 2 heterocycles. The van der Waals surface area contributed by atoms with Crippen molar-refractivity contribution in [3.8, 4) is 23.1 Å². The second-order valence-corrected chi connectivity index (χ2v) is 5.33. The molecule has 0 aliphatic carbocycles. The fourth-order valence-corrected chi connectivity index (χ4v) is 2.55. The normalized spacial score (nSPS) is 11.5. The first-order chi connectivity index (χ1) is 11.8. The second kappa shape index (κ2) is 6.09. The Hall–Kier alpha value is -3.08. The Bertz CT molecular complexity index is 986. The fourth-order valence-electron chi connectivity index (χ4n) is 2.55. The highest BCUT2D eigenvalue weighted by Gasteiger charge is 2.35. The standard InChI is InChI=1S/C17H13F3N4O/c1-3-25-15-5-4-10(6-11(15)17(18,19)20)12-7-14-16(13(8-21)23-12)22-9-24(14)2/h4-7,9H,3H2,1-2H3. The van der Waals surface area contributed by atoms with Gasteiger partial charge in [-0.3, -0.25) is 0 Å². The average Bonchev–Trinajstić information content (AvgIpc) is 2.95. The number of ether oxygens (including phenoxy) is 1. The maximum atomic E-state index is 13.3. The summed E-state index contributed by atoms with van der Waals surface area (Å²) >= 11 is 0. The molecule has 2 aromatic heterocycles. The van der Waals surface area contributed by atoms with Gasteiger partial charge in [0.2, 0.25) is 0 Å². The Kier molecular flexibility index (Phi) is 4.08. The van der Waals surface area contributed by atoms with Gasteiger partial charge >= 0.3 is 6.18 Å². The van der Waals surface area contributed by atoms with Crippen LogP contribution in [0.5, 0.6) is 5.75 Å². The van der Waals surface area contributed by atoms with E-state index in [0.29, 0.717) is 11.0 Å². The van der Waals surface area contributed by atoms with E-state index >= 15 is 0 Å². The van der Waals surface area contributed by atoms with Crippen LogP contribution in [0.1, 0.15) is 18.2 Å². The minimum Gasteiger partial charge on any atom is -0.493 e. The van der Waals surface area contributed by atoms with Gasteiger partial charge in [0.1, 0.15) is 17.3 Å². The summed E-state index contributed by atoms with van der Waals surface area (Å²) < 4.78 is 46.7. The molecule has 8 heteroatoms. The van der Waals surface area contributed by atoms with Gasteiger partial charge in [0.05, 0.1) is 29.7 Å². The number of aryl methyl sites for hydroxylation is 1. The van der Waals surface area contributed by atoms with Crippen molar-refractivity contribution >= 4 is 11.0 Å². The van der Waals surface area contributed by atoms with Gasteiger partial charge < -0.3 is 9.30 Å². The third-order valence-electron chi connectivity index (χ3n) is 3.70. The van der Waals surface area contributed by atoms with Crippen LogP contribution in [0.3, 0.4) is 0 Å². The van der Waals surface area contributed by atoms with E-state index in [2.05, 4.69) is 9.97 Å². The number of hydrogen-bond donors (Lipinski definition) is 0. The molecule has 0 spiro atoms. The van der Waals surface area contributed by atoms with Crippen molar-refractivity contribution in [1.82, 2.24) is 14.5 Å². The van der Waals surface area contributed by atoms with E-state index in [1.165, 1.54) is 18.5 Å². The molecule has 0 atom stereocenters. The van der Waals surface area contributed by atoms with Crippen LogP contribution in [-0.4, -0.2) is 21.1 Å². The maximum Gasteiger partial charge on any atom is 0.419 e. The minimum atomic E-state index is -4.56. The third-order valence-corrected chi connectivity index (χ3v) is 3.70. The van der Waals surface area contributed by atoms with Gasteiger partial charge in [-0.05, 0) is 31.2 Å². The highest BCUT2D eigenvalue weighted by molar-refractivity contribution is 5.84. The van der Waals surface area contributed by atoms with Crippen LogP contribution in [0, 0.1) is 11.3 Å². The Labute approximate surface area is 141 Å². The second-order valence-electron chi connectivity index (χ2n) is 5.33. The van der Waals surface area contributed by atoms with Crippen molar-refractivity contribution in [1.29, 1.82) is 5.26 Å². The topological polar surface area (TPSA) is 63.7 Å². The van der Waals surface area contributed by atoms with Crippen LogP contribution >= 0.6 is 0 Å². The largest absolute Gasteiger partial charge is 0.493 e. The zero-order valence-corrected chi connectivity index (χ0v) is 13.4. The summed E-state index contributed by atoms with van der Waals surface area (Å²) in [6.07, 6.45) is -3.04. The van der Waals surface area contributed by atoms with Gasteiger partial charge in [0.15, 0.2) is 5.69 Å². The van der Waals surface area contributed by atoms with Crippen LogP contribution in [0.15, 0.2) is 30.6 Å². The van der Waals surface area contributed by atoms with E-state index in [0.717, 1.165) is 6.07 Å². The van der Waals surface area contributed by atoms with E-state index in [1.807, 2.05) is 6.07 Å². The lowest BCUT2D eigenvalue weighted by Crippen LogP contribution is -2.09. The molecule has 0 aliphatic heterocycles. The van der Waals surface area contributed by atoms with Crippen molar-refractivity contribution in [2.45, 2.75) is 13.1 Å².